The number of esters is 1. The number of nitrogens with zero attached hydrogens (tertiary/aromatic N) is 1. The Balaban J connectivity index is 2.08. The molecule has 2 aromatic rings. The lowest BCUT2D eigenvalue weighted by Gasteiger charge is -2.09. The summed E-state index contributed by atoms with van der Waals surface area (Å²) >= 11 is 1.45. The normalized spacial score (nSPS) is 10.2. The zero-order chi connectivity index (χ0) is 13.8. The van der Waals surface area contributed by atoms with Gasteiger partial charge in [-0.15, -0.1) is 11.3 Å². The van der Waals surface area contributed by atoms with Gasteiger partial charge in [0.25, 0.3) is 0 Å². The van der Waals surface area contributed by atoms with E-state index in [0.717, 1.165) is 10.7 Å². The summed E-state index contributed by atoms with van der Waals surface area (Å²) in [7, 11) is 1.50. The first-order chi connectivity index (χ1) is 9.11. The molecule has 0 aliphatic rings. The number of nitrogens with two attached hydrogens (primary N) is 1. The fourth-order valence-electron chi connectivity index (χ4n) is 1.57. The zero-order valence-electron chi connectivity index (χ0n) is 10.7. The van der Waals surface area contributed by atoms with Crippen molar-refractivity contribution in [2.75, 3.05) is 12.8 Å². The van der Waals surface area contributed by atoms with Crippen LogP contribution in [-0.4, -0.2) is 18.1 Å². The Morgan fingerprint density at radius 1 is 1.47 bits per heavy atom. The number of para-hydroxylation sites is 1. The van der Waals surface area contributed by atoms with Gasteiger partial charge in [0.15, 0.2) is 0 Å². The molecule has 0 unspecified atom stereocenters. The number of carbonyl (C=O) groups is 1. The number of hydrogen-bond donors (Lipinski definition) is 1. The van der Waals surface area contributed by atoms with Crippen LogP contribution in [-0.2, 0) is 11.3 Å². The number of ether oxygens (including phenoxy) is 2. The van der Waals surface area contributed by atoms with Gasteiger partial charge >= 0.3 is 5.97 Å². The van der Waals surface area contributed by atoms with Crippen LogP contribution >= 0.6 is 11.3 Å². The average molecular weight is 278 g/mol. The predicted octanol–water partition coefficient (Wildman–Crippen LogP) is 2.40. The molecule has 1 aromatic carbocycles. The second kappa shape index (κ2) is 5.71. The van der Waals surface area contributed by atoms with E-state index >= 15 is 0 Å². The molecule has 1 heterocycles. The largest absolute Gasteiger partial charge is 0.495 e. The van der Waals surface area contributed by atoms with Crippen LogP contribution in [0, 0.1) is 6.92 Å². The summed E-state index contributed by atoms with van der Waals surface area (Å²) in [6, 6.07) is 4.99. The Labute approximate surface area is 115 Å². The van der Waals surface area contributed by atoms with Crippen molar-refractivity contribution in [1.29, 1.82) is 0 Å². The number of thiazole rings is 1. The van der Waals surface area contributed by atoms with E-state index in [0.29, 0.717) is 11.3 Å². The minimum absolute atomic E-state index is 0.147. The van der Waals surface area contributed by atoms with Gasteiger partial charge in [-0.1, -0.05) is 6.07 Å². The van der Waals surface area contributed by atoms with Crippen molar-refractivity contribution in [3.8, 4) is 5.75 Å². The molecule has 0 amide bonds. The minimum atomic E-state index is -0.482. The number of anilines is 1. The zero-order valence-corrected chi connectivity index (χ0v) is 11.5. The van der Waals surface area contributed by atoms with Crippen LogP contribution in [0.2, 0.25) is 0 Å². The van der Waals surface area contributed by atoms with Gasteiger partial charge in [-0.25, -0.2) is 9.78 Å². The molecule has 2 N–H and O–H groups in total. The summed E-state index contributed by atoms with van der Waals surface area (Å²) < 4.78 is 10.2. The molecule has 0 atom stereocenters. The van der Waals surface area contributed by atoms with Gasteiger partial charge in [-0.05, 0) is 19.1 Å². The highest BCUT2D eigenvalue weighted by Crippen LogP contribution is 2.25. The van der Waals surface area contributed by atoms with E-state index in [9.17, 15) is 4.79 Å². The smallest absolute Gasteiger partial charge is 0.340 e. The van der Waals surface area contributed by atoms with E-state index in [4.69, 9.17) is 15.2 Å². The van der Waals surface area contributed by atoms with E-state index in [1.807, 2.05) is 12.3 Å². The molecule has 0 fully saturated rings. The Hall–Kier alpha value is -2.08. The van der Waals surface area contributed by atoms with Crippen molar-refractivity contribution in [2.45, 2.75) is 13.5 Å². The number of aromatic nitrogens is 1. The molecule has 0 aliphatic carbocycles. The molecule has 0 spiro atoms. The predicted molar refractivity (Wildman–Crippen MR) is 73.4 cm³/mol. The van der Waals surface area contributed by atoms with Crippen LogP contribution in [0.4, 0.5) is 5.69 Å². The number of aryl methyl sites for hydroxylation is 1. The summed E-state index contributed by atoms with van der Waals surface area (Å²) in [5.74, 6) is -0.0243. The van der Waals surface area contributed by atoms with Gasteiger partial charge < -0.3 is 15.2 Å². The maximum Gasteiger partial charge on any atom is 0.340 e. The van der Waals surface area contributed by atoms with Crippen LogP contribution in [0.15, 0.2) is 23.6 Å². The van der Waals surface area contributed by atoms with Gasteiger partial charge in [0.1, 0.15) is 17.4 Å². The van der Waals surface area contributed by atoms with Gasteiger partial charge in [0.2, 0.25) is 0 Å². The van der Waals surface area contributed by atoms with Crippen LogP contribution in [0.25, 0.3) is 0 Å². The van der Waals surface area contributed by atoms with Crippen molar-refractivity contribution < 1.29 is 14.3 Å². The molecule has 100 valence electrons. The van der Waals surface area contributed by atoms with Crippen molar-refractivity contribution in [3.63, 3.8) is 0 Å². The number of rotatable bonds is 4. The number of hydrogen-bond acceptors (Lipinski definition) is 6. The standard InChI is InChI=1S/C13H14N2O3S/c1-8-7-19-11(15-8)6-18-13(16)9-4-3-5-10(17-2)12(9)14/h3-5,7H,6,14H2,1-2H3. The molecule has 0 radical (unpaired) electrons. The van der Waals surface area contributed by atoms with Crippen LogP contribution in [0.5, 0.6) is 5.75 Å². The Bertz CT molecular complexity index is 595. The summed E-state index contributed by atoms with van der Waals surface area (Å²) in [6.45, 7) is 2.04. The molecular formula is C13H14N2O3S. The highest BCUT2D eigenvalue weighted by molar-refractivity contribution is 7.09. The molecule has 0 saturated heterocycles. The molecular weight excluding hydrogens is 264 g/mol. The van der Waals surface area contributed by atoms with Gasteiger partial charge in [0.05, 0.1) is 18.4 Å². The Morgan fingerprint density at radius 2 is 2.26 bits per heavy atom. The number of benzene rings is 1. The first-order valence-corrected chi connectivity index (χ1v) is 6.50. The summed E-state index contributed by atoms with van der Waals surface area (Å²) in [5.41, 5.74) is 7.32. The molecule has 0 bridgehead atoms. The monoisotopic (exact) mass is 278 g/mol. The fraction of sp³-hybridized carbons (Fsp3) is 0.231. The molecule has 1 aromatic heterocycles. The minimum Gasteiger partial charge on any atom is -0.495 e. The topological polar surface area (TPSA) is 74.4 Å². The average Bonchev–Trinajstić information content (AvgIpc) is 2.82. The van der Waals surface area contributed by atoms with E-state index < -0.39 is 5.97 Å². The first kappa shape index (κ1) is 13.4. The maximum absolute atomic E-state index is 11.9. The number of nitrogen functional groups attached to an aromatic ring is 1. The van der Waals surface area contributed by atoms with Crippen molar-refractivity contribution in [1.82, 2.24) is 4.98 Å². The van der Waals surface area contributed by atoms with Crippen LogP contribution in [0.1, 0.15) is 21.1 Å². The molecule has 6 heteroatoms. The van der Waals surface area contributed by atoms with Crippen molar-refractivity contribution >= 4 is 23.0 Å². The highest BCUT2D eigenvalue weighted by Gasteiger charge is 2.15. The van der Waals surface area contributed by atoms with E-state index in [-0.39, 0.29) is 12.3 Å². The molecule has 19 heavy (non-hydrogen) atoms. The second-order valence-corrected chi connectivity index (χ2v) is 4.82. The van der Waals surface area contributed by atoms with E-state index in [2.05, 4.69) is 4.98 Å². The first-order valence-electron chi connectivity index (χ1n) is 5.62. The lowest BCUT2D eigenvalue weighted by Crippen LogP contribution is -2.09. The molecule has 2 rings (SSSR count). The lowest BCUT2D eigenvalue weighted by molar-refractivity contribution is 0.0473. The highest BCUT2D eigenvalue weighted by atomic mass is 32.1. The molecule has 0 aliphatic heterocycles. The molecule has 0 saturated carbocycles. The fourth-order valence-corrected chi connectivity index (χ4v) is 2.26. The van der Waals surface area contributed by atoms with E-state index in [1.54, 1.807) is 18.2 Å². The quantitative estimate of drug-likeness (QED) is 0.686. The Morgan fingerprint density at radius 3 is 2.89 bits per heavy atom. The Kier molecular flexibility index (Phi) is 4.01. The number of carbonyl (C=O) groups excluding carboxylic acids is 1. The van der Waals surface area contributed by atoms with Gasteiger partial charge in [-0.3, -0.25) is 0 Å². The number of methoxy groups -OCH3 is 1. The third kappa shape index (κ3) is 3.03. The lowest BCUT2D eigenvalue weighted by atomic mass is 10.1. The van der Waals surface area contributed by atoms with Crippen LogP contribution < -0.4 is 10.5 Å². The summed E-state index contributed by atoms with van der Waals surface area (Å²) in [4.78, 5) is 16.2. The summed E-state index contributed by atoms with van der Waals surface area (Å²) in [6.07, 6.45) is 0. The van der Waals surface area contributed by atoms with Crippen LogP contribution in [0.3, 0.4) is 0 Å². The molecule has 5 nitrogen and oxygen atoms in total. The van der Waals surface area contributed by atoms with Gasteiger partial charge in [-0.2, -0.15) is 0 Å². The van der Waals surface area contributed by atoms with Crippen molar-refractivity contribution in [3.05, 3.63) is 39.8 Å². The van der Waals surface area contributed by atoms with Crippen molar-refractivity contribution in [2.24, 2.45) is 0 Å². The maximum atomic E-state index is 11.9. The SMILES string of the molecule is COc1cccc(C(=O)OCc2nc(C)cs2)c1N. The second-order valence-electron chi connectivity index (χ2n) is 3.88. The third-order valence-corrected chi connectivity index (χ3v) is 3.44. The third-order valence-electron chi connectivity index (χ3n) is 2.50. The van der Waals surface area contributed by atoms with E-state index in [1.165, 1.54) is 18.4 Å². The van der Waals surface area contributed by atoms with Gasteiger partial charge in [0, 0.05) is 11.1 Å². The summed E-state index contributed by atoms with van der Waals surface area (Å²) in [5, 5.41) is 2.66.